The van der Waals surface area contributed by atoms with Crippen molar-refractivity contribution in [2.45, 2.75) is 6.42 Å². The van der Waals surface area contributed by atoms with E-state index in [0.717, 1.165) is 19.5 Å². The van der Waals surface area contributed by atoms with Crippen molar-refractivity contribution in [3.05, 3.63) is 29.8 Å². The zero-order valence-corrected chi connectivity index (χ0v) is 12.5. The van der Waals surface area contributed by atoms with E-state index in [1.807, 2.05) is 7.05 Å². The van der Waals surface area contributed by atoms with Gasteiger partial charge in [0.05, 0.1) is 11.3 Å². The third-order valence-electron chi connectivity index (χ3n) is 3.77. The first kappa shape index (κ1) is 15.3. The lowest BCUT2D eigenvalue weighted by atomic mass is 10.1. The van der Waals surface area contributed by atoms with E-state index in [1.165, 1.54) is 11.0 Å². The summed E-state index contributed by atoms with van der Waals surface area (Å²) in [6.45, 7) is 3.16. The predicted octanol–water partition coefficient (Wildman–Crippen LogP) is 1.58. The first-order valence-electron chi connectivity index (χ1n) is 7.04. The normalized spacial score (nSPS) is 16.4. The largest absolute Gasteiger partial charge is 0.478 e. The van der Waals surface area contributed by atoms with Gasteiger partial charge in [0, 0.05) is 26.7 Å². The van der Waals surface area contributed by atoms with Crippen LogP contribution in [0, 0.1) is 0 Å². The molecule has 6 nitrogen and oxygen atoms in total. The van der Waals surface area contributed by atoms with Crippen molar-refractivity contribution in [2.24, 2.45) is 0 Å². The molecule has 0 unspecified atom stereocenters. The van der Waals surface area contributed by atoms with Gasteiger partial charge in [-0.05, 0) is 32.1 Å². The molecule has 1 N–H and O–H groups in total. The number of carbonyl (C=O) groups is 2. The Balaban J connectivity index is 2.17. The van der Waals surface area contributed by atoms with Crippen LogP contribution in [0.1, 0.15) is 16.8 Å². The molecule has 1 aliphatic rings. The Hall–Kier alpha value is -2.08. The van der Waals surface area contributed by atoms with Crippen LogP contribution in [0.4, 0.5) is 10.5 Å². The maximum atomic E-state index is 12.6. The molecule has 0 radical (unpaired) electrons. The lowest BCUT2D eigenvalue weighted by Crippen LogP contribution is -2.43. The van der Waals surface area contributed by atoms with Gasteiger partial charge >= 0.3 is 12.0 Å². The molecule has 0 saturated carbocycles. The number of likely N-dealkylation sites (N-methyl/N-ethyl adjacent to an activating group) is 1. The second-order valence-corrected chi connectivity index (χ2v) is 5.31. The van der Waals surface area contributed by atoms with Crippen LogP contribution < -0.4 is 4.90 Å². The van der Waals surface area contributed by atoms with Gasteiger partial charge < -0.3 is 14.9 Å². The van der Waals surface area contributed by atoms with Gasteiger partial charge in [-0.25, -0.2) is 9.59 Å². The molecular weight excluding hydrogens is 270 g/mol. The van der Waals surface area contributed by atoms with Crippen LogP contribution in [-0.2, 0) is 0 Å². The van der Waals surface area contributed by atoms with Crippen molar-refractivity contribution in [2.75, 3.05) is 45.2 Å². The van der Waals surface area contributed by atoms with E-state index in [2.05, 4.69) is 4.90 Å². The minimum Gasteiger partial charge on any atom is -0.478 e. The van der Waals surface area contributed by atoms with E-state index in [1.54, 1.807) is 30.1 Å². The molecule has 1 aliphatic heterocycles. The lowest BCUT2D eigenvalue weighted by molar-refractivity contribution is 0.0697. The molecular formula is C15H21N3O3. The number of carbonyl (C=O) groups excluding carboxylic acids is 1. The fraction of sp³-hybridized carbons (Fsp3) is 0.467. The second-order valence-electron chi connectivity index (χ2n) is 5.31. The number of amides is 2. The maximum absolute atomic E-state index is 12.6. The van der Waals surface area contributed by atoms with Crippen molar-refractivity contribution in [1.82, 2.24) is 9.80 Å². The molecule has 0 aromatic heterocycles. The summed E-state index contributed by atoms with van der Waals surface area (Å²) in [5, 5.41) is 9.23. The molecule has 1 aromatic carbocycles. The van der Waals surface area contributed by atoms with E-state index in [-0.39, 0.29) is 11.6 Å². The van der Waals surface area contributed by atoms with Gasteiger partial charge in [-0.15, -0.1) is 0 Å². The first-order chi connectivity index (χ1) is 10.0. The fourth-order valence-electron chi connectivity index (χ4n) is 2.50. The number of carboxylic acids is 1. The molecule has 2 amide bonds. The van der Waals surface area contributed by atoms with E-state index in [0.29, 0.717) is 18.8 Å². The second kappa shape index (κ2) is 6.58. The number of benzene rings is 1. The summed E-state index contributed by atoms with van der Waals surface area (Å²) in [5.74, 6) is -1.03. The van der Waals surface area contributed by atoms with Gasteiger partial charge in [0.1, 0.15) is 0 Å². The van der Waals surface area contributed by atoms with Crippen LogP contribution >= 0.6 is 0 Å². The Morgan fingerprint density at radius 2 is 1.86 bits per heavy atom. The van der Waals surface area contributed by atoms with Crippen molar-refractivity contribution in [3.8, 4) is 0 Å². The number of aromatic carboxylic acids is 1. The predicted molar refractivity (Wildman–Crippen MR) is 80.9 cm³/mol. The van der Waals surface area contributed by atoms with Crippen molar-refractivity contribution >= 4 is 17.7 Å². The number of hydrogen-bond acceptors (Lipinski definition) is 3. The van der Waals surface area contributed by atoms with Gasteiger partial charge in [-0.3, -0.25) is 4.90 Å². The topological polar surface area (TPSA) is 64.1 Å². The molecule has 1 aromatic rings. The summed E-state index contributed by atoms with van der Waals surface area (Å²) in [6, 6.07) is 6.41. The summed E-state index contributed by atoms with van der Waals surface area (Å²) >= 11 is 0. The van der Waals surface area contributed by atoms with Crippen LogP contribution in [0.25, 0.3) is 0 Å². The molecule has 0 spiro atoms. The van der Waals surface area contributed by atoms with Crippen LogP contribution in [-0.4, -0.2) is 67.2 Å². The number of carboxylic acid groups (broad SMARTS) is 1. The minimum atomic E-state index is -1.03. The molecule has 0 aliphatic carbocycles. The highest BCUT2D eigenvalue weighted by atomic mass is 16.4. The third-order valence-corrected chi connectivity index (χ3v) is 3.77. The average molecular weight is 291 g/mol. The lowest BCUT2D eigenvalue weighted by Gasteiger charge is -2.27. The number of hydrogen-bond donors (Lipinski definition) is 1. The molecule has 21 heavy (non-hydrogen) atoms. The number of nitrogens with zero attached hydrogens (tertiary/aromatic N) is 3. The van der Waals surface area contributed by atoms with Crippen LogP contribution in [0.5, 0.6) is 0 Å². The van der Waals surface area contributed by atoms with Gasteiger partial charge in [-0.1, -0.05) is 12.1 Å². The Morgan fingerprint density at radius 1 is 1.14 bits per heavy atom. The molecule has 6 heteroatoms. The number of urea groups is 1. The van der Waals surface area contributed by atoms with E-state index >= 15 is 0 Å². The van der Waals surface area contributed by atoms with Crippen molar-refractivity contribution in [1.29, 1.82) is 0 Å². The number of para-hydroxylation sites is 1. The summed E-state index contributed by atoms with van der Waals surface area (Å²) in [5.41, 5.74) is 0.563. The number of rotatable bonds is 2. The van der Waals surface area contributed by atoms with Gasteiger partial charge in [0.25, 0.3) is 0 Å². The van der Waals surface area contributed by atoms with Crippen LogP contribution in [0.2, 0.25) is 0 Å². The molecule has 0 atom stereocenters. The Kier molecular flexibility index (Phi) is 4.80. The van der Waals surface area contributed by atoms with Crippen LogP contribution in [0.3, 0.4) is 0 Å². The molecule has 2 rings (SSSR count). The van der Waals surface area contributed by atoms with Crippen molar-refractivity contribution in [3.63, 3.8) is 0 Å². The summed E-state index contributed by atoms with van der Waals surface area (Å²) < 4.78 is 0. The third kappa shape index (κ3) is 3.52. The highest BCUT2D eigenvalue weighted by Gasteiger charge is 2.24. The molecule has 1 fully saturated rings. The zero-order chi connectivity index (χ0) is 15.4. The Labute approximate surface area is 124 Å². The minimum absolute atomic E-state index is 0.139. The average Bonchev–Trinajstić information content (AvgIpc) is 2.70. The SMILES string of the molecule is CN1CCCN(C(=O)N(C)c2ccccc2C(=O)O)CC1. The van der Waals surface area contributed by atoms with Crippen molar-refractivity contribution < 1.29 is 14.7 Å². The smallest absolute Gasteiger partial charge is 0.337 e. The quantitative estimate of drug-likeness (QED) is 0.898. The maximum Gasteiger partial charge on any atom is 0.337 e. The molecule has 0 bridgehead atoms. The van der Waals surface area contributed by atoms with Gasteiger partial charge in [-0.2, -0.15) is 0 Å². The first-order valence-corrected chi connectivity index (χ1v) is 7.04. The Bertz CT molecular complexity index is 533. The highest BCUT2D eigenvalue weighted by molar-refractivity contribution is 6.01. The summed E-state index contributed by atoms with van der Waals surface area (Å²) in [4.78, 5) is 29.2. The van der Waals surface area contributed by atoms with E-state index in [4.69, 9.17) is 0 Å². The highest BCUT2D eigenvalue weighted by Crippen LogP contribution is 2.20. The van der Waals surface area contributed by atoms with E-state index in [9.17, 15) is 14.7 Å². The number of anilines is 1. The molecule has 1 saturated heterocycles. The van der Waals surface area contributed by atoms with E-state index < -0.39 is 5.97 Å². The van der Waals surface area contributed by atoms with Gasteiger partial charge in [0.2, 0.25) is 0 Å². The Morgan fingerprint density at radius 3 is 2.57 bits per heavy atom. The zero-order valence-electron chi connectivity index (χ0n) is 12.5. The molecule has 114 valence electrons. The summed E-state index contributed by atoms with van der Waals surface area (Å²) in [6.07, 6.45) is 0.927. The fourth-order valence-corrected chi connectivity index (χ4v) is 2.50. The molecule has 1 heterocycles. The summed E-state index contributed by atoms with van der Waals surface area (Å²) in [7, 11) is 3.66. The monoisotopic (exact) mass is 291 g/mol. The van der Waals surface area contributed by atoms with Crippen LogP contribution in [0.15, 0.2) is 24.3 Å². The van der Waals surface area contributed by atoms with Gasteiger partial charge in [0.15, 0.2) is 0 Å². The standard InChI is InChI=1S/C15H21N3O3/c1-16-8-5-9-18(11-10-16)15(21)17(2)13-7-4-3-6-12(13)14(19)20/h3-4,6-7H,5,8-11H2,1-2H3,(H,19,20).